The van der Waals surface area contributed by atoms with Crippen LogP contribution in [0.5, 0.6) is 11.6 Å². The zero-order chi connectivity index (χ0) is 26.5. The highest BCUT2D eigenvalue weighted by atomic mass is 16.5. The van der Waals surface area contributed by atoms with E-state index in [4.69, 9.17) is 10.5 Å². The molecule has 0 atom stereocenters. The van der Waals surface area contributed by atoms with Gasteiger partial charge in [-0.25, -0.2) is 19.7 Å². The minimum absolute atomic E-state index is 0.138. The zero-order valence-electron chi connectivity index (χ0n) is 21.8. The molecule has 3 aromatic rings. The first kappa shape index (κ1) is 26.1. The van der Waals surface area contributed by atoms with Gasteiger partial charge in [-0.3, -0.25) is 4.68 Å². The molecule has 198 valence electrons. The van der Waals surface area contributed by atoms with Gasteiger partial charge in [-0.2, -0.15) is 5.10 Å². The lowest BCUT2D eigenvalue weighted by molar-refractivity contribution is 0.153. The van der Waals surface area contributed by atoms with Gasteiger partial charge in [0.1, 0.15) is 5.82 Å². The van der Waals surface area contributed by atoms with Gasteiger partial charge in [-0.15, -0.1) is 0 Å². The molecule has 0 saturated carbocycles. The van der Waals surface area contributed by atoms with Crippen molar-refractivity contribution in [1.82, 2.24) is 34.5 Å². The summed E-state index contributed by atoms with van der Waals surface area (Å²) in [5, 5.41) is 13.8. The van der Waals surface area contributed by atoms with Gasteiger partial charge >= 0.3 is 6.09 Å². The third kappa shape index (κ3) is 6.26. The van der Waals surface area contributed by atoms with E-state index in [0.29, 0.717) is 23.2 Å². The Morgan fingerprint density at radius 2 is 1.92 bits per heavy atom. The van der Waals surface area contributed by atoms with E-state index in [9.17, 15) is 9.90 Å². The number of anilines is 2. The lowest BCUT2D eigenvalue weighted by Gasteiger charge is -2.28. The van der Waals surface area contributed by atoms with E-state index in [-0.39, 0.29) is 18.2 Å². The molecule has 12 nitrogen and oxygen atoms in total. The second-order valence-electron chi connectivity index (χ2n) is 9.25. The Hall–Kier alpha value is -3.93. The van der Waals surface area contributed by atoms with Gasteiger partial charge in [0.25, 0.3) is 5.88 Å². The topological polar surface area (TPSA) is 139 Å². The molecular weight excluding hydrogens is 474 g/mol. The predicted molar refractivity (Wildman–Crippen MR) is 141 cm³/mol. The first-order chi connectivity index (χ1) is 17.8. The summed E-state index contributed by atoms with van der Waals surface area (Å²) in [6, 6.07) is 4.06. The molecule has 1 aliphatic rings. The van der Waals surface area contributed by atoms with E-state index in [1.54, 1.807) is 12.4 Å². The number of hydrogen-bond donors (Lipinski definition) is 2. The molecule has 1 aliphatic heterocycles. The average molecular weight is 510 g/mol. The highest BCUT2D eigenvalue weighted by Gasteiger charge is 2.20. The van der Waals surface area contributed by atoms with E-state index in [2.05, 4.69) is 36.9 Å². The zero-order valence-corrected chi connectivity index (χ0v) is 21.8. The van der Waals surface area contributed by atoms with Crippen LogP contribution in [0, 0.1) is 0 Å². The summed E-state index contributed by atoms with van der Waals surface area (Å²) in [5.74, 6) is 1.63. The van der Waals surface area contributed by atoms with Crippen LogP contribution in [0.1, 0.15) is 38.4 Å². The van der Waals surface area contributed by atoms with Crippen molar-refractivity contribution < 1.29 is 14.6 Å². The van der Waals surface area contributed by atoms with Gasteiger partial charge in [0.2, 0.25) is 0 Å². The number of ether oxygens (including phenoxy) is 1. The molecule has 3 N–H and O–H groups in total. The summed E-state index contributed by atoms with van der Waals surface area (Å²) in [4.78, 5) is 30.6. The van der Waals surface area contributed by atoms with E-state index < -0.39 is 6.09 Å². The molecular formula is C25H35N9O3. The standard InChI is InChI=1S/C25H35N9O3/c1-5-33(6-2)22-12-17(11-18(29-22)15-32(4)25(35)36)21-14-27-23(26)24(30-21)37-20-13-28-34(16-20)19-7-9-31(3)10-8-19/h11-14,16,19H,5-10,15H2,1-4H3,(H2,26,27)(H,35,36). The third-order valence-corrected chi connectivity index (χ3v) is 6.60. The Morgan fingerprint density at radius 1 is 1.19 bits per heavy atom. The highest BCUT2D eigenvalue weighted by Crippen LogP contribution is 2.30. The summed E-state index contributed by atoms with van der Waals surface area (Å²) in [5.41, 5.74) is 7.99. The maximum atomic E-state index is 11.4. The summed E-state index contributed by atoms with van der Waals surface area (Å²) in [7, 11) is 3.64. The highest BCUT2D eigenvalue weighted by molar-refractivity contribution is 5.67. The van der Waals surface area contributed by atoms with Gasteiger partial charge in [0.05, 0.1) is 42.6 Å². The van der Waals surface area contributed by atoms with Crippen molar-refractivity contribution >= 4 is 17.7 Å². The molecule has 1 amide bonds. The summed E-state index contributed by atoms with van der Waals surface area (Å²) in [6.07, 6.45) is 6.15. The van der Waals surface area contributed by atoms with Crippen LogP contribution in [0.4, 0.5) is 16.4 Å². The Bertz CT molecular complexity index is 1220. The lowest BCUT2D eigenvalue weighted by Crippen LogP contribution is -2.31. The van der Waals surface area contributed by atoms with Crippen LogP contribution < -0.4 is 15.4 Å². The van der Waals surface area contributed by atoms with Crippen LogP contribution >= 0.6 is 0 Å². The minimum Gasteiger partial charge on any atom is -0.465 e. The molecule has 0 aliphatic carbocycles. The maximum absolute atomic E-state index is 11.4. The first-order valence-corrected chi connectivity index (χ1v) is 12.5. The molecule has 1 fully saturated rings. The molecule has 0 bridgehead atoms. The number of hydrogen-bond acceptors (Lipinski definition) is 9. The lowest BCUT2D eigenvalue weighted by atomic mass is 10.1. The normalized spacial score (nSPS) is 14.5. The fourth-order valence-electron chi connectivity index (χ4n) is 4.36. The number of amides is 1. The number of nitrogens with two attached hydrogens (primary N) is 1. The quantitative estimate of drug-likeness (QED) is 0.441. The number of nitrogens with zero attached hydrogens (tertiary/aromatic N) is 8. The van der Waals surface area contributed by atoms with Crippen molar-refractivity contribution in [3.63, 3.8) is 0 Å². The minimum atomic E-state index is -1.03. The number of carboxylic acid groups (broad SMARTS) is 1. The molecule has 4 rings (SSSR count). The molecule has 3 aromatic heterocycles. The fourth-order valence-corrected chi connectivity index (χ4v) is 4.36. The van der Waals surface area contributed by atoms with Crippen LogP contribution in [0.15, 0.2) is 30.7 Å². The van der Waals surface area contributed by atoms with Crippen LogP contribution in [0.2, 0.25) is 0 Å². The summed E-state index contributed by atoms with van der Waals surface area (Å²) >= 11 is 0. The van der Waals surface area contributed by atoms with Crippen LogP contribution in [-0.2, 0) is 6.54 Å². The van der Waals surface area contributed by atoms with Gasteiger partial charge in [-0.05, 0) is 59.0 Å². The Balaban J connectivity index is 1.61. The molecule has 1 saturated heterocycles. The number of nitrogen functional groups attached to an aromatic ring is 1. The van der Waals surface area contributed by atoms with E-state index in [0.717, 1.165) is 50.4 Å². The van der Waals surface area contributed by atoms with Gasteiger partial charge in [0, 0.05) is 25.7 Å². The van der Waals surface area contributed by atoms with Crippen LogP contribution in [0.3, 0.4) is 0 Å². The summed E-state index contributed by atoms with van der Waals surface area (Å²) < 4.78 is 7.95. The number of piperidine rings is 1. The third-order valence-electron chi connectivity index (χ3n) is 6.60. The number of pyridine rings is 1. The van der Waals surface area contributed by atoms with Crippen LogP contribution in [0.25, 0.3) is 11.3 Å². The van der Waals surface area contributed by atoms with Crippen molar-refractivity contribution in [2.24, 2.45) is 0 Å². The van der Waals surface area contributed by atoms with Crippen molar-refractivity contribution in [2.45, 2.75) is 39.3 Å². The largest absolute Gasteiger partial charge is 0.465 e. The Kier molecular flexibility index (Phi) is 8.07. The Labute approximate surface area is 216 Å². The summed E-state index contributed by atoms with van der Waals surface area (Å²) in [6.45, 7) is 7.80. The SMILES string of the molecule is CCN(CC)c1cc(-c2cnc(N)c(Oc3cnn(C4CCN(C)CC4)c3)n2)cc(CN(C)C(=O)O)n1. The Morgan fingerprint density at radius 3 is 2.59 bits per heavy atom. The van der Waals surface area contributed by atoms with E-state index >= 15 is 0 Å². The molecule has 0 spiro atoms. The van der Waals surface area contributed by atoms with E-state index in [1.165, 1.54) is 11.9 Å². The predicted octanol–water partition coefficient (Wildman–Crippen LogP) is 3.33. The van der Waals surface area contributed by atoms with Gasteiger partial charge in [-0.1, -0.05) is 0 Å². The van der Waals surface area contributed by atoms with E-state index in [1.807, 2.05) is 36.9 Å². The smallest absolute Gasteiger partial charge is 0.407 e. The maximum Gasteiger partial charge on any atom is 0.407 e. The molecule has 0 unspecified atom stereocenters. The van der Waals surface area contributed by atoms with Crippen molar-refractivity contribution in [1.29, 1.82) is 0 Å². The molecule has 0 aromatic carbocycles. The average Bonchev–Trinajstić information content (AvgIpc) is 3.35. The number of carbonyl (C=O) groups is 1. The van der Waals surface area contributed by atoms with Crippen molar-refractivity contribution in [3.8, 4) is 22.9 Å². The first-order valence-electron chi connectivity index (χ1n) is 12.5. The molecule has 37 heavy (non-hydrogen) atoms. The van der Waals surface area contributed by atoms with Gasteiger partial charge < -0.3 is 30.3 Å². The molecule has 4 heterocycles. The number of aromatic nitrogens is 5. The second kappa shape index (κ2) is 11.4. The number of likely N-dealkylation sites (tertiary alicyclic amines) is 1. The molecule has 0 radical (unpaired) electrons. The molecule has 12 heteroatoms. The van der Waals surface area contributed by atoms with Gasteiger partial charge in [0.15, 0.2) is 11.6 Å². The van der Waals surface area contributed by atoms with Crippen LogP contribution in [-0.4, -0.2) is 86.0 Å². The fraction of sp³-hybridized carbons (Fsp3) is 0.480. The van der Waals surface area contributed by atoms with Crippen molar-refractivity contribution in [3.05, 3.63) is 36.4 Å². The monoisotopic (exact) mass is 509 g/mol. The van der Waals surface area contributed by atoms with Crippen molar-refractivity contribution in [2.75, 3.05) is 50.9 Å². The number of rotatable bonds is 9. The second-order valence-corrected chi connectivity index (χ2v) is 9.25.